The number of nitriles is 1. The quantitative estimate of drug-likeness (QED) is 0.867. The van der Waals surface area contributed by atoms with E-state index in [0.717, 1.165) is 22.4 Å². The summed E-state index contributed by atoms with van der Waals surface area (Å²) in [7, 11) is 1.60. The van der Waals surface area contributed by atoms with Gasteiger partial charge in [0, 0.05) is 5.56 Å². The maximum atomic E-state index is 11.3. The van der Waals surface area contributed by atoms with Gasteiger partial charge in [-0.2, -0.15) is 10.4 Å². The highest BCUT2D eigenvalue weighted by atomic mass is 16.5. The van der Waals surface area contributed by atoms with Crippen LogP contribution >= 0.6 is 0 Å². The Bertz CT molecular complexity index is 718. The molecule has 1 heterocycles. The fraction of sp³-hybridized carbons (Fsp3) is 0.267. The molecule has 6 nitrogen and oxygen atoms in total. The second kappa shape index (κ2) is 5.67. The summed E-state index contributed by atoms with van der Waals surface area (Å²) >= 11 is 0. The predicted molar refractivity (Wildman–Crippen MR) is 79.1 cm³/mol. The molecule has 0 saturated heterocycles. The third-order valence-electron chi connectivity index (χ3n) is 3.35. The second-order valence-electron chi connectivity index (χ2n) is 4.72. The highest BCUT2D eigenvalue weighted by Crippen LogP contribution is 2.33. The Morgan fingerprint density at radius 1 is 1.43 bits per heavy atom. The molecule has 0 aliphatic carbocycles. The average molecular weight is 284 g/mol. The summed E-state index contributed by atoms with van der Waals surface area (Å²) in [4.78, 5) is 11.3. The Labute approximate surface area is 122 Å². The fourth-order valence-electron chi connectivity index (χ4n) is 2.39. The van der Waals surface area contributed by atoms with Crippen LogP contribution in [0.5, 0.6) is 5.75 Å². The summed E-state index contributed by atoms with van der Waals surface area (Å²) < 4.78 is 6.56. The number of anilines is 1. The van der Waals surface area contributed by atoms with Gasteiger partial charge in [-0.05, 0) is 37.1 Å². The van der Waals surface area contributed by atoms with Crippen LogP contribution in [-0.4, -0.2) is 23.2 Å². The van der Waals surface area contributed by atoms with E-state index in [-0.39, 0.29) is 12.4 Å². The lowest BCUT2D eigenvalue weighted by Gasteiger charge is -2.10. The monoisotopic (exact) mass is 284 g/mol. The van der Waals surface area contributed by atoms with Gasteiger partial charge in [0.2, 0.25) is 0 Å². The summed E-state index contributed by atoms with van der Waals surface area (Å²) in [6.07, 6.45) is 0.675. The Balaban J connectivity index is 2.70. The van der Waals surface area contributed by atoms with E-state index in [2.05, 4.69) is 5.10 Å². The molecule has 0 aliphatic heterocycles. The molecule has 0 aliphatic rings. The molecule has 108 valence electrons. The number of benzene rings is 1. The minimum atomic E-state index is 0.000916. The number of ether oxygens (including phenoxy) is 1. The van der Waals surface area contributed by atoms with Crippen LogP contribution in [0, 0.1) is 25.2 Å². The molecular formula is C15H16N4O2. The van der Waals surface area contributed by atoms with Crippen LogP contribution in [0.4, 0.5) is 5.82 Å². The van der Waals surface area contributed by atoms with Crippen molar-refractivity contribution in [1.29, 1.82) is 5.26 Å². The van der Waals surface area contributed by atoms with Gasteiger partial charge in [-0.3, -0.25) is 4.79 Å². The number of aryl methyl sites for hydroxylation is 2. The molecular weight excluding hydrogens is 268 g/mol. The largest absolute Gasteiger partial charge is 0.497 e. The molecule has 0 radical (unpaired) electrons. The number of hydrogen-bond acceptors (Lipinski definition) is 5. The van der Waals surface area contributed by atoms with Crippen molar-refractivity contribution in [2.24, 2.45) is 0 Å². The van der Waals surface area contributed by atoms with E-state index < -0.39 is 0 Å². The van der Waals surface area contributed by atoms with Crippen molar-refractivity contribution in [1.82, 2.24) is 9.78 Å². The first-order chi connectivity index (χ1) is 10.0. The molecule has 0 unspecified atom stereocenters. The van der Waals surface area contributed by atoms with Crippen LogP contribution in [0.15, 0.2) is 12.1 Å². The normalized spacial score (nSPS) is 10.2. The molecule has 1 aromatic heterocycles. The zero-order valence-corrected chi connectivity index (χ0v) is 12.2. The Kier molecular flexibility index (Phi) is 3.94. The van der Waals surface area contributed by atoms with Crippen LogP contribution < -0.4 is 10.5 Å². The lowest BCUT2D eigenvalue weighted by atomic mass is 9.97. The van der Waals surface area contributed by atoms with E-state index in [0.29, 0.717) is 17.5 Å². The molecule has 6 heteroatoms. The number of hydrogen-bond donors (Lipinski definition) is 1. The number of aldehydes is 1. The average Bonchev–Trinajstić information content (AvgIpc) is 2.75. The number of nitrogens with zero attached hydrogens (tertiary/aromatic N) is 3. The van der Waals surface area contributed by atoms with Gasteiger partial charge in [-0.1, -0.05) is 0 Å². The topological polar surface area (TPSA) is 93.9 Å². The van der Waals surface area contributed by atoms with E-state index in [1.54, 1.807) is 7.11 Å². The first kappa shape index (κ1) is 14.6. The zero-order chi connectivity index (χ0) is 15.6. The molecule has 2 N–H and O–H groups in total. The van der Waals surface area contributed by atoms with Crippen molar-refractivity contribution in [2.75, 3.05) is 12.8 Å². The molecule has 0 saturated carbocycles. The van der Waals surface area contributed by atoms with Gasteiger partial charge < -0.3 is 10.5 Å². The smallest absolute Gasteiger partial charge is 0.156 e. The highest BCUT2D eigenvalue weighted by Gasteiger charge is 2.20. The molecule has 0 spiro atoms. The van der Waals surface area contributed by atoms with Gasteiger partial charge in [0.25, 0.3) is 0 Å². The van der Waals surface area contributed by atoms with Crippen LogP contribution in [0.2, 0.25) is 0 Å². The van der Waals surface area contributed by atoms with E-state index in [4.69, 9.17) is 15.7 Å². The lowest BCUT2D eigenvalue weighted by molar-refractivity contribution is 0.112. The minimum Gasteiger partial charge on any atom is -0.497 e. The number of rotatable bonds is 4. The number of carbonyl (C=O) groups is 1. The van der Waals surface area contributed by atoms with Crippen molar-refractivity contribution >= 4 is 12.1 Å². The molecule has 2 rings (SSSR count). The number of nitrogen functional groups attached to an aromatic ring is 1. The van der Waals surface area contributed by atoms with E-state index in [1.165, 1.54) is 4.68 Å². The standard InChI is InChI=1S/C15H16N4O2/c1-9-6-11(21-3)7-10(2)13(9)14-12(8-20)15(17)19(18-14)5-4-16/h6-8H,5,17H2,1-3H3. The molecule has 0 atom stereocenters. The summed E-state index contributed by atoms with van der Waals surface area (Å²) in [6.45, 7) is 3.83. The maximum Gasteiger partial charge on any atom is 0.156 e. The Morgan fingerprint density at radius 3 is 2.52 bits per heavy atom. The molecule has 0 bridgehead atoms. The van der Waals surface area contributed by atoms with Crippen molar-refractivity contribution in [3.8, 4) is 23.1 Å². The zero-order valence-electron chi connectivity index (χ0n) is 12.2. The van der Waals surface area contributed by atoms with Crippen molar-refractivity contribution in [3.63, 3.8) is 0 Å². The summed E-state index contributed by atoms with van der Waals surface area (Å²) in [5, 5.41) is 13.1. The van der Waals surface area contributed by atoms with Crippen molar-refractivity contribution < 1.29 is 9.53 Å². The number of carbonyl (C=O) groups excluding carboxylic acids is 1. The molecule has 1 aromatic carbocycles. The van der Waals surface area contributed by atoms with Crippen LogP contribution in [0.25, 0.3) is 11.3 Å². The van der Waals surface area contributed by atoms with Gasteiger partial charge in [-0.15, -0.1) is 0 Å². The van der Waals surface area contributed by atoms with Gasteiger partial charge >= 0.3 is 0 Å². The van der Waals surface area contributed by atoms with Crippen molar-refractivity contribution in [3.05, 3.63) is 28.8 Å². The van der Waals surface area contributed by atoms with Gasteiger partial charge in [-0.25, -0.2) is 4.68 Å². The van der Waals surface area contributed by atoms with Gasteiger partial charge in [0.1, 0.15) is 23.8 Å². The highest BCUT2D eigenvalue weighted by molar-refractivity contribution is 5.93. The number of aromatic nitrogens is 2. The van der Waals surface area contributed by atoms with Crippen LogP contribution in [-0.2, 0) is 6.54 Å². The Morgan fingerprint density at radius 2 is 2.05 bits per heavy atom. The third-order valence-corrected chi connectivity index (χ3v) is 3.35. The predicted octanol–water partition coefficient (Wildman–Crippen LogP) is 2.09. The fourth-order valence-corrected chi connectivity index (χ4v) is 2.39. The van der Waals surface area contributed by atoms with E-state index in [1.807, 2.05) is 32.0 Å². The molecule has 0 fully saturated rings. The first-order valence-corrected chi connectivity index (χ1v) is 6.37. The van der Waals surface area contributed by atoms with Gasteiger partial charge in [0.15, 0.2) is 6.29 Å². The first-order valence-electron chi connectivity index (χ1n) is 6.37. The van der Waals surface area contributed by atoms with Crippen LogP contribution in [0.3, 0.4) is 0 Å². The maximum absolute atomic E-state index is 11.3. The summed E-state index contributed by atoms with van der Waals surface area (Å²) in [5.41, 5.74) is 9.38. The van der Waals surface area contributed by atoms with E-state index in [9.17, 15) is 4.79 Å². The number of nitrogens with two attached hydrogens (primary N) is 1. The second-order valence-corrected chi connectivity index (χ2v) is 4.72. The molecule has 0 amide bonds. The van der Waals surface area contributed by atoms with Gasteiger partial charge in [0.05, 0.1) is 18.7 Å². The summed E-state index contributed by atoms with van der Waals surface area (Å²) in [5.74, 6) is 0.946. The van der Waals surface area contributed by atoms with Crippen LogP contribution in [0.1, 0.15) is 21.5 Å². The Hall–Kier alpha value is -2.81. The minimum absolute atomic E-state index is 0.000916. The third kappa shape index (κ3) is 2.46. The summed E-state index contributed by atoms with van der Waals surface area (Å²) in [6, 6.07) is 5.72. The number of methoxy groups -OCH3 is 1. The molecule has 21 heavy (non-hydrogen) atoms. The SMILES string of the molecule is COc1cc(C)c(-c2nn(CC#N)c(N)c2C=O)c(C)c1. The van der Waals surface area contributed by atoms with E-state index >= 15 is 0 Å². The van der Waals surface area contributed by atoms with Crippen molar-refractivity contribution in [2.45, 2.75) is 20.4 Å². The molecule has 2 aromatic rings. The lowest BCUT2D eigenvalue weighted by Crippen LogP contribution is -2.03.